The van der Waals surface area contributed by atoms with E-state index in [0.29, 0.717) is 16.3 Å². The number of nitrogens with zero attached hydrogens (tertiary/aromatic N) is 4. The Bertz CT molecular complexity index is 1320. The lowest BCUT2D eigenvalue weighted by Gasteiger charge is -2.12. The van der Waals surface area contributed by atoms with E-state index < -0.39 is 28.8 Å². The molecule has 0 spiro atoms. The molecule has 0 atom stereocenters. The third-order valence-corrected chi connectivity index (χ3v) is 4.33. The molecule has 3 rings (SSSR count). The lowest BCUT2D eigenvalue weighted by Crippen LogP contribution is -2.31. The van der Waals surface area contributed by atoms with Crippen LogP contribution >= 0.6 is 0 Å². The minimum absolute atomic E-state index is 0.00962. The highest BCUT2D eigenvalue weighted by Gasteiger charge is 2.31. The number of hydrogen-bond acceptors (Lipinski definition) is 6. The largest absolute Gasteiger partial charge is 0.508 e. The molecule has 0 unspecified atom stereocenters. The lowest BCUT2D eigenvalue weighted by molar-refractivity contribution is -0.137. The highest BCUT2D eigenvalue weighted by Crippen LogP contribution is 2.30. The highest BCUT2D eigenvalue weighted by atomic mass is 19.4. The Kier molecular flexibility index (Phi) is 6.06. The lowest BCUT2D eigenvalue weighted by atomic mass is 10.1. The van der Waals surface area contributed by atoms with Crippen LogP contribution < -0.4 is 11.0 Å². The van der Waals surface area contributed by atoms with Crippen LogP contribution in [0.2, 0.25) is 0 Å². The summed E-state index contributed by atoms with van der Waals surface area (Å²) in [6, 6.07) is 11.5. The zero-order chi connectivity index (χ0) is 23.5. The zero-order valence-electron chi connectivity index (χ0n) is 16.4. The number of rotatable bonds is 4. The third kappa shape index (κ3) is 4.65. The van der Waals surface area contributed by atoms with E-state index in [2.05, 4.69) is 15.6 Å². The second-order valence-electron chi connectivity index (χ2n) is 6.52. The average molecular weight is 441 g/mol. The van der Waals surface area contributed by atoms with Crippen LogP contribution in [0.1, 0.15) is 32.7 Å². The van der Waals surface area contributed by atoms with Gasteiger partial charge in [-0.1, -0.05) is 18.2 Å². The first-order valence-electron chi connectivity index (χ1n) is 8.96. The molecule has 1 amide bonds. The number of benzene rings is 2. The smallest absolute Gasteiger partial charge is 0.416 e. The Morgan fingerprint density at radius 3 is 2.62 bits per heavy atom. The number of aromatic nitrogens is 2. The molecule has 0 aliphatic rings. The molecule has 2 aromatic carbocycles. The number of alkyl halides is 3. The van der Waals surface area contributed by atoms with Crippen LogP contribution in [0.4, 0.5) is 13.2 Å². The number of halogens is 3. The van der Waals surface area contributed by atoms with E-state index in [0.717, 1.165) is 12.1 Å². The van der Waals surface area contributed by atoms with Gasteiger partial charge in [0.15, 0.2) is 5.69 Å². The molecule has 0 aliphatic heterocycles. The molecule has 0 fully saturated rings. The van der Waals surface area contributed by atoms with Crippen LogP contribution in [0.5, 0.6) is 5.75 Å². The number of hydrazone groups is 1. The number of nitrogens with one attached hydrogen (secondary N) is 1. The standard InChI is InChI=1S/C21H14F3N5O3/c1-12-17(10-25)20(32)29(15-6-3-5-14(9-15)21(22,23)24)28-18(12)19(31)27-26-11-13-4-2-7-16(30)8-13/h2-9,11,30H,1H3,(H,27,31)/b26-11+. The summed E-state index contributed by atoms with van der Waals surface area (Å²) < 4.78 is 39.7. The van der Waals surface area contributed by atoms with Crippen LogP contribution in [0.3, 0.4) is 0 Å². The Balaban J connectivity index is 2.01. The summed E-state index contributed by atoms with van der Waals surface area (Å²) in [6.07, 6.45) is -3.43. The van der Waals surface area contributed by atoms with Crippen molar-refractivity contribution in [3.8, 4) is 17.5 Å². The number of phenols is 1. The normalized spacial score (nSPS) is 11.3. The van der Waals surface area contributed by atoms with Crippen LogP contribution in [-0.4, -0.2) is 27.0 Å². The van der Waals surface area contributed by atoms with Gasteiger partial charge in [0.1, 0.15) is 17.4 Å². The SMILES string of the molecule is Cc1c(C(=O)N/N=C/c2cccc(O)c2)nn(-c2cccc(C(F)(F)F)c2)c(=O)c1C#N. The Labute approximate surface area is 178 Å². The van der Waals surface area contributed by atoms with Crippen LogP contribution in [0.15, 0.2) is 58.4 Å². The Hall–Kier alpha value is -4.46. The summed E-state index contributed by atoms with van der Waals surface area (Å²) in [5.74, 6) is -0.902. The molecule has 8 nitrogen and oxygen atoms in total. The van der Waals surface area contributed by atoms with Gasteiger partial charge < -0.3 is 5.11 Å². The van der Waals surface area contributed by atoms with Gasteiger partial charge >= 0.3 is 6.18 Å². The minimum Gasteiger partial charge on any atom is -0.508 e. The van der Waals surface area contributed by atoms with Crippen molar-refractivity contribution in [1.82, 2.24) is 15.2 Å². The minimum atomic E-state index is -4.66. The molecule has 1 heterocycles. The van der Waals surface area contributed by atoms with E-state index in [-0.39, 0.29) is 22.7 Å². The fourth-order valence-corrected chi connectivity index (χ4v) is 2.76. The van der Waals surface area contributed by atoms with Crippen LogP contribution in [0.25, 0.3) is 5.69 Å². The highest BCUT2D eigenvalue weighted by molar-refractivity contribution is 5.94. The first kappa shape index (κ1) is 22.2. The van der Waals surface area contributed by atoms with Crippen LogP contribution in [-0.2, 0) is 6.18 Å². The predicted molar refractivity (Wildman–Crippen MR) is 107 cm³/mol. The predicted octanol–water partition coefficient (Wildman–Crippen LogP) is 2.90. The maximum Gasteiger partial charge on any atom is 0.416 e. The second-order valence-corrected chi connectivity index (χ2v) is 6.52. The molecular formula is C21H14F3N5O3. The fraction of sp³-hybridized carbons (Fsp3) is 0.0952. The van der Waals surface area contributed by atoms with Gasteiger partial charge in [0.25, 0.3) is 11.5 Å². The molecule has 0 aliphatic carbocycles. The molecule has 32 heavy (non-hydrogen) atoms. The molecule has 0 saturated carbocycles. The summed E-state index contributed by atoms with van der Waals surface area (Å²) >= 11 is 0. The first-order valence-corrected chi connectivity index (χ1v) is 8.96. The summed E-state index contributed by atoms with van der Waals surface area (Å²) in [5, 5.41) is 26.4. The van der Waals surface area contributed by atoms with E-state index in [1.807, 2.05) is 0 Å². The molecule has 0 saturated heterocycles. The Morgan fingerprint density at radius 2 is 1.97 bits per heavy atom. The van der Waals surface area contributed by atoms with E-state index in [1.54, 1.807) is 18.2 Å². The van der Waals surface area contributed by atoms with Crippen molar-refractivity contribution >= 4 is 12.1 Å². The molecule has 1 aromatic heterocycles. The number of nitriles is 1. The van der Waals surface area contributed by atoms with Crippen LogP contribution in [0, 0.1) is 18.3 Å². The Morgan fingerprint density at radius 1 is 1.25 bits per heavy atom. The average Bonchev–Trinajstić information content (AvgIpc) is 2.74. The van der Waals surface area contributed by atoms with Crippen molar-refractivity contribution in [2.75, 3.05) is 0 Å². The van der Waals surface area contributed by atoms with Gasteiger partial charge in [-0.3, -0.25) is 9.59 Å². The maximum atomic E-state index is 13.0. The van der Waals surface area contributed by atoms with Gasteiger partial charge in [-0.2, -0.15) is 33.3 Å². The number of hydrogen-bond donors (Lipinski definition) is 2. The van der Waals surface area contributed by atoms with Gasteiger partial charge in [0.05, 0.1) is 17.5 Å². The maximum absolute atomic E-state index is 13.0. The van der Waals surface area contributed by atoms with Gasteiger partial charge in [-0.05, 0) is 42.8 Å². The van der Waals surface area contributed by atoms with E-state index in [9.17, 15) is 33.1 Å². The van der Waals surface area contributed by atoms with E-state index >= 15 is 0 Å². The second kappa shape index (κ2) is 8.73. The molecule has 162 valence electrons. The van der Waals surface area contributed by atoms with Crippen molar-refractivity contribution in [1.29, 1.82) is 5.26 Å². The van der Waals surface area contributed by atoms with Gasteiger partial charge in [0.2, 0.25) is 0 Å². The number of amides is 1. The number of carbonyl (C=O) groups is 1. The summed E-state index contributed by atoms with van der Waals surface area (Å²) in [5.41, 5.74) is -0.473. The number of phenolic OH excluding ortho intramolecular Hbond substituents is 1. The van der Waals surface area contributed by atoms with Crippen molar-refractivity contribution in [3.05, 3.63) is 86.8 Å². The zero-order valence-corrected chi connectivity index (χ0v) is 16.4. The molecule has 11 heteroatoms. The molecular weight excluding hydrogens is 427 g/mol. The van der Waals surface area contributed by atoms with Gasteiger partial charge in [-0.15, -0.1) is 0 Å². The quantitative estimate of drug-likeness (QED) is 0.477. The van der Waals surface area contributed by atoms with Gasteiger partial charge in [0, 0.05) is 5.56 Å². The fourth-order valence-electron chi connectivity index (χ4n) is 2.76. The third-order valence-electron chi connectivity index (χ3n) is 4.33. The molecule has 3 aromatic rings. The van der Waals surface area contributed by atoms with Crippen molar-refractivity contribution in [2.24, 2.45) is 5.10 Å². The monoisotopic (exact) mass is 441 g/mol. The number of aromatic hydroxyl groups is 1. The topological polar surface area (TPSA) is 120 Å². The van der Waals surface area contributed by atoms with Crippen molar-refractivity contribution < 1.29 is 23.1 Å². The summed E-state index contributed by atoms with van der Waals surface area (Å²) in [6.45, 7) is 1.32. The van der Waals surface area contributed by atoms with Gasteiger partial charge in [-0.25, -0.2) is 5.43 Å². The van der Waals surface area contributed by atoms with E-state index in [4.69, 9.17) is 0 Å². The van der Waals surface area contributed by atoms with Crippen molar-refractivity contribution in [2.45, 2.75) is 13.1 Å². The molecule has 0 radical (unpaired) electrons. The molecule has 2 N–H and O–H groups in total. The molecule has 0 bridgehead atoms. The first-order chi connectivity index (χ1) is 15.1. The van der Waals surface area contributed by atoms with E-state index in [1.165, 1.54) is 31.3 Å². The summed E-state index contributed by atoms with van der Waals surface area (Å²) in [7, 11) is 0. The summed E-state index contributed by atoms with van der Waals surface area (Å²) in [4.78, 5) is 25.2. The van der Waals surface area contributed by atoms with Crippen molar-refractivity contribution in [3.63, 3.8) is 0 Å². The number of carbonyl (C=O) groups excluding carboxylic acids is 1.